The number of hydrogen-bond donors (Lipinski definition) is 2. The summed E-state index contributed by atoms with van der Waals surface area (Å²) in [6.07, 6.45) is 2.17. The van der Waals surface area contributed by atoms with E-state index in [1.165, 1.54) is 12.1 Å². The van der Waals surface area contributed by atoms with Crippen molar-refractivity contribution in [2.24, 2.45) is 0 Å². The largest absolute Gasteiger partial charge is 0.325 e. The van der Waals surface area contributed by atoms with Crippen LogP contribution in [-0.4, -0.2) is 34.9 Å². The van der Waals surface area contributed by atoms with Crippen molar-refractivity contribution < 1.29 is 9.72 Å². The van der Waals surface area contributed by atoms with Gasteiger partial charge in [-0.25, -0.2) is 0 Å². The van der Waals surface area contributed by atoms with Gasteiger partial charge in [-0.05, 0) is 54.0 Å². The molecule has 114 valence electrons. The first-order valence-corrected chi connectivity index (χ1v) is 8.46. The summed E-state index contributed by atoms with van der Waals surface area (Å²) in [6, 6.07) is 4.46. The van der Waals surface area contributed by atoms with Crippen molar-refractivity contribution in [2.75, 3.05) is 24.2 Å². The number of carbonyl (C=O) groups is 1. The fourth-order valence-corrected chi connectivity index (χ4v) is 3.64. The van der Waals surface area contributed by atoms with Crippen LogP contribution in [0.1, 0.15) is 12.8 Å². The molecular weight excluding hydrogens is 358 g/mol. The van der Waals surface area contributed by atoms with Crippen molar-refractivity contribution in [1.82, 2.24) is 5.32 Å². The van der Waals surface area contributed by atoms with E-state index in [2.05, 4.69) is 26.6 Å². The quantitative estimate of drug-likeness (QED) is 0.612. The number of piperidine rings is 1. The zero-order valence-electron chi connectivity index (χ0n) is 11.3. The molecule has 0 radical (unpaired) electrons. The molecule has 0 bridgehead atoms. The SMILES string of the molecule is O=C(CSC1CCNCC1)Nc1ccc([N+](=O)[O-])c(Br)c1. The number of nitrogens with one attached hydrogen (secondary N) is 2. The summed E-state index contributed by atoms with van der Waals surface area (Å²) in [4.78, 5) is 22.1. The maximum absolute atomic E-state index is 11.9. The summed E-state index contributed by atoms with van der Waals surface area (Å²) >= 11 is 4.80. The van der Waals surface area contributed by atoms with Crippen LogP contribution < -0.4 is 10.6 Å². The highest BCUT2D eigenvalue weighted by Gasteiger charge is 2.16. The highest BCUT2D eigenvalue weighted by molar-refractivity contribution is 9.10. The Labute approximate surface area is 135 Å². The van der Waals surface area contributed by atoms with Gasteiger partial charge in [0.05, 0.1) is 15.1 Å². The van der Waals surface area contributed by atoms with E-state index in [9.17, 15) is 14.9 Å². The number of amides is 1. The first kappa shape index (κ1) is 16.3. The van der Waals surface area contributed by atoms with Crippen molar-refractivity contribution in [3.05, 3.63) is 32.8 Å². The molecule has 0 atom stereocenters. The topological polar surface area (TPSA) is 84.3 Å². The number of rotatable bonds is 5. The minimum Gasteiger partial charge on any atom is -0.325 e. The highest BCUT2D eigenvalue weighted by Crippen LogP contribution is 2.28. The van der Waals surface area contributed by atoms with Gasteiger partial charge in [0.25, 0.3) is 5.69 Å². The van der Waals surface area contributed by atoms with Gasteiger partial charge in [-0.15, -0.1) is 11.8 Å². The minimum absolute atomic E-state index is 0.0166. The van der Waals surface area contributed by atoms with Gasteiger partial charge in [0.1, 0.15) is 0 Å². The van der Waals surface area contributed by atoms with Crippen molar-refractivity contribution in [3.8, 4) is 0 Å². The number of thioether (sulfide) groups is 1. The van der Waals surface area contributed by atoms with Gasteiger partial charge >= 0.3 is 0 Å². The summed E-state index contributed by atoms with van der Waals surface area (Å²) in [5.41, 5.74) is 0.542. The lowest BCUT2D eigenvalue weighted by atomic mass is 10.2. The normalized spacial score (nSPS) is 15.7. The average Bonchev–Trinajstić information content (AvgIpc) is 2.46. The molecule has 1 amide bonds. The molecule has 1 saturated heterocycles. The van der Waals surface area contributed by atoms with Crippen LogP contribution in [-0.2, 0) is 4.79 Å². The molecule has 0 unspecified atom stereocenters. The summed E-state index contributed by atoms with van der Waals surface area (Å²) in [5.74, 6) is 0.318. The number of anilines is 1. The first-order chi connectivity index (χ1) is 10.1. The van der Waals surface area contributed by atoms with E-state index in [1.54, 1.807) is 17.8 Å². The van der Waals surface area contributed by atoms with Gasteiger partial charge in [0.2, 0.25) is 5.91 Å². The van der Waals surface area contributed by atoms with Gasteiger partial charge < -0.3 is 10.6 Å². The van der Waals surface area contributed by atoms with E-state index in [0.29, 0.717) is 21.2 Å². The van der Waals surface area contributed by atoms with Crippen molar-refractivity contribution >= 4 is 45.0 Å². The predicted molar refractivity (Wildman–Crippen MR) is 87.8 cm³/mol. The standard InChI is InChI=1S/C13H16BrN3O3S/c14-11-7-9(1-2-12(11)17(19)20)16-13(18)8-21-10-3-5-15-6-4-10/h1-2,7,10,15H,3-6,8H2,(H,16,18). The molecule has 21 heavy (non-hydrogen) atoms. The first-order valence-electron chi connectivity index (χ1n) is 6.62. The van der Waals surface area contributed by atoms with Crippen molar-refractivity contribution in [3.63, 3.8) is 0 Å². The molecule has 1 aromatic carbocycles. The number of nitrogens with zero attached hydrogens (tertiary/aromatic N) is 1. The van der Waals surface area contributed by atoms with Crippen LogP contribution in [0.15, 0.2) is 22.7 Å². The lowest BCUT2D eigenvalue weighted by Crippen LogP contribution is -2.30. The van der Waals surface area contributed by atoms with Crippen LogP contribution in [0.3, 0.4) is 0 Å². The molecule has 1 heterocycles. The molecule has 1 aromatic rings. The molecular formula is C13H16BrN3O3S. The number of nitro groups is 1. The third-order valence-corrected chi connectivity index (χ3v) is 5.17. The molecule has 1 aliphatic rings. The lowest BCUT2D eigenvalue weighted by molar-refractivity contribution is -0.385. The third-order valence-electron chi connectivity index (χ3n) is 3.16. The Bertz CT molecular complexity index is 535. The summed E-state index contributed by atoms with van der Waals surface area (Å²) in [6.45, 7) is 2.02. The Morgan fingerprint density at radius 2 is 2.19 bits per heavy atom. The van der Waals surface area contributed by atoms with Gasteiger partial charge in [0, 0.05) is 17.0 Å². The summed E-state index contributed by atoms with van der Waals surface area (Å²) in [5, 5.41) is 17.3. The fourth-order valence-electron chi connectivity index (χ4n) is 2.09. The van der Waals surface area contributed by atoms with Crippen LogP contribution in [0.25, 0.3) is 0 Å². The minimum atomic E-state index is -0.470. The van der Waals surface area contributed by atoms with Crippen LogP contribution in [0.5, 0.6) is 0 Å². The van der Waals surface area contributed by atoms with Crippen LogP contribution >= 0.6 is 27.7 Å². The molecule has 2 N–H and O–H groups in total. The van der Waals surface area contributed by atoms with E-state index < -0.39 is 4.92 Å². The summed E-state index contributed by atoms with van der Waals surface area (Å²) < 4.78 is 0.358. The van der Waals surface area contributed by atoms with Crippen LogP contribution in [0.4, 0.5) is 11.4 Å². The van der Waals surface area contributed by atoms with Crippen LogP contribution in [0.2, 0.25) is 0 Å². The molecule has 0 aromatic heterocycles. The maximum Gasteiger partial charge on any atom is 0.283 e. The molecule has 6 nitrogen and oxygen atoms in total. The van der Waals surface area contributed by atoms with Gasteiger partial charge in [0.15, 0.2) is 0 Å². The van der Waals surface area contributed by atoms with Crippen molar-refractivity contribution in [2.45, 2.75) is 18.1 Å². The van der Waals surface area contributed by atoms with E-state index in [4.69, 9.17) is 0 Å². The molecule has 0 saturated carbocycles. The molecule has 1 fully saturated rings. The average molecular weight is 374 g/mol. The second-order valence-corrected chi connectivity index (χ2v) is 6.87. The maximum atomic E-state index is 11.9. The molecule has 8 heteroatoms. The number of halogens is 1. The number of nitro benzene ring substituents is 1. The van der Waals surface area contributed by atoms with Crippen molar-refractivity contribution in [1.29, 1.82) is 0 Å². The number of benzene rings is 1. The predicted octanol–water partition coefficient (Wildman–Crippen LogP) is 2.78. The Kier molecular flexibility index (Phi) is 6.01. The van der Waals surface area contributed by atoms with E-state index in [-0.39, 0.29) is 11.6 Å². The fraction of sp³-hybridized carbons (Fsp3) is 0.462. The second-order valence-electron chi connectivity index (χ2n) is 4.73. The van der Waals surface area contributed by atoms with E-state index in [0.717, 1.165) is 25.9 Å². The Morgan fingerprint density at radius 3 is 2.81 bits per heavy atom. The zero-order valence-corrected chi connectivity index (χ0v) is 13.7. The lowest BCUT2D eigenvalue weighted by Gasteiger charge is -2.21. The van der Waals surface area contributed by atoms with E-state index >= 15 is 0 Å². The number of hydrogen-bond acceptors (Lipinski definition) is 5. The Hall–Kier alpha value is -1.12. The monoisotopic (exact) mass is 373 g/mol. The molecule has 0 spiro atoms. The molecule has 1 aliphatic heterocycles. The van der Waals surface area contributed by atoms with Crippen LogP contribution in [0, 0.1) is 10.1 Å². The second kappa shape index (κ2) is 7.77. The smallest absolute Gasteiger partial charge is 0.283 e. The molecule has 2 rings (SSSR count). The molecule has 0 aliphatic carbocycles. The summed E-state index contributed by atoms with van der Waals surface area (Å²) in [7, 11) is 0. The zero-order chi connectivity index (χ0) is 15.2. The highest BCUT2D eigenvalue weighted by atomic mass is 79.9. The Morgan fingerprint density at radius 1 is 1.48 bits per heavy atom. The van der Waals surface area contributed by atoms with Gasteiger partial charge in [-0.1, -0.05) is 0 Å². The number of carbonyl (C=O) groups excluding carboxylic acids is 1. The Balaban J connectivity index is 1.84. The third kappa shape index (κ3) is 4.98. The van der Waals surface area contributed by atoms with Gasteiger partial charge in [-0.2, -0.15) is 0 Å². The van der Waals surface area contributed by atoms with E-state index in [1.807, 2.05) is 0 Å². The van der Waals surface area contributed by atoms with Gasteiger partial charge in [-0.3, -0.25) is 14.9 Å².